The fraction of sp³-hybridized carbons (Fsp3) is 0. The van der Waals surface area contributed by atoms with Crippen LogP contribution in [0.15, 0.2) is 110 Å². The summed E-state index contributed by atoms with van der Waals surface area (Å²) < 4.78 is 0. The first-order valence-corrected chi connectivity index (χ1v) is 10.8. The zero-order chi connectivity index (χ0) is 21.1. The monoisotopic (exact) mass is 406 g/mol. The maximum atomic E-state index is 4.20. The lowest BCUT2D eigenvalue weighted by Crippen LogP contribution is -1.90. The van der Waals surface area contributed by atoms with Crippen LogP contribution in [0.5, 0.6) is 0 Å². The van der Waals surface area contributed by atoms with E-state index >= 15 is 0 Å². The fourth-order valence-corrected chi connectivity index (χ4v) is 5.28. The summed E-state index contributed by atoms with van der Waals surface area (Å²) in [6.07, 6.45) is 7.45. The number of rotatable bonds is 2. The minimum atomic E-state index is 1.20. The Morgan fingerprint density at radius 1 is 0.344 bits per heavy atom. The molecule has 7 rings (SSSR count). The molecule has 0 unspecified atom stereocenters. The van der Waals surface area contributed by atoms with Crippen molar-refractivity contribution in [3.8, 4) is 22.3 Å². The largest absolute Gasteiger partial charge is 0.265 e. The first kappa shape index (κ1) is 17.4. The van der Waals surface area contributed by atoms with E-state index < -0.39 is 0 Å². The van der Waals surface area contributed by atoms with Crippen molar-refractivity contribution < 1.29 is 0 Å². The Bertz CT molecular complexity index is 1600. The Hall–Kier alpha value is -4.30. The number of benzene rings is 5. The molecule has 2 nitrogen and oxygen atoms in total. The molecule has 0 bridgehead atoms. The van der Waals surface area contributed by atoms with E-state index in [1.54, 1.807) is 0 Å². The van der Waals surface area contributed by atoms with Gasteiger partial charge in [0.2, 0.25) is 0 Å². The van der Waals surface area contributed by atoms with Crippen LogP contribution >= 0.6 is 0 Å². The van der Waals surface area contributed by atoms with Crippen molar-refractivity contribution in [2.75, 3.05) is 0 Å². The summed E-state index contributed by atoms with van der Waals surface area (Å²) >= 11 is 0. The number of aromatic nitrogens is 2. The minimum Gasteiger partial charge on any atom is -0.265 e. The number of fused-ring (bicyclic) bond motifs is 2. The average Bonchev–Trinajstić information content (AvgIpc) is 2.87. The average molecular weight is 406 g/mol. The minimum absolute atomic E-state index is 1.20. The van der Waals surface area contributed by atoms with Gasteiger partial charge in [-0.3, -0.25) is 9.97 Å². The SMILES string of the molecule is c1cc2c(-c3ccncc3)ccc3c4ccc(-c5ccncc5)c5cccc(c(c1)c23)c54. The molecule has 0 atom stereocenters. The van der Waals surface area contributed by atoms with Gasteiger partial charge in [0.25, 0.3) is 0 Å². The van der Waals surface area contributed by atoms with Gasteiger partial charge in [-0.1, -0.05) is 60.7 Å². The molecule has 0 spiro atoms. The van der Waals surface area contributed by atoms with Gasteiger partial charge in [0, 0.05) is 24.8 Å². The van der Waals surface area contributed by atoms with Crippen molar-refractivity contribution >= 4 is 43.1 Å². The van der Waals surface area contributed by atoms with Crippen molar-refractivity contribution in [1.29, 1.82) is 0 Å². The van der Waals surface area contributed by atoms with Gasteiger partial charge in [-0.15, -0.1) is 0 Å². The summed E-state index contributed by atoms with van der Waals surface area (Å²) in [6.45, 7) is 0. The molecule has 0 aliphatic rings. The number of pyridine rings is 2. The van der Waals surface area contributed by atoms with Crippen molar-refractivity contribution in [3.05, 3.63) is 110 Å². The van der Waals surface area contributed by atoms with Crippen molar-refractivity contribution in [1.82, 2.24) is 9.97 Å². The van der Waals surface area contributed by atoms with E-state index in [9.17, 15) is 0 Å². The van der Waals surface area contributed by atoms with E-state index in [1.807, 2.05) is 24.8 Å². The molecule has 2 heterocycles. The van der Waals surface area contributed by atoms with E-state index in [0.29, 0.717) is 0 Å². The molecule has 0 amide bonds. The fourth-order valence-electron chi connectivity index (χ4n) is 5.28. The Kier molecular flexibility index (Phi) is 3.58. The first-order valence-electron chi connectivity index (χ1n) is 10.8. The molecule has 0 radical (unpaired) electrons. The molecule has 0 saturated carbocycles. The molecule has 7 aromatic rings. The van der Waals surface area contributed by atoms with Gasteiger partial charge >= 0.3 is 0 Å². The van der Waals surface area contributed by atoms with Gasteiger partial charge in [0.15, 0.2) is 0 Å². The van der Waals surface area contributed by atoms with Crippen LogP contribution in [0.25, 0.3) is 65.3 Å². The second-order valence-electron chi connectivity index (χ2n) is 8.25. The summed E-state index contributed by atoms with van der Waals surface area (Å²) in [5.41, 5.74) is 4.88. The van der Waals surface area contributed by atoms with E-state index in [0.717, 1.165) is 0 Å². The second-order valence-corrected chi connectivity index (χ2v) is 8.25. The summed E-state index contributed by atoms with van der Waals surface area (Å²) in [6, 6.07) is 30.8. The number of hydrogen-bond acceptors (Lipinski definition) is 2. The maximum absolute atomic E-state index is 4.20. The maximum Gasteiger partial charge on any atom is 0.0273 e. The lowest BCUT2D eigenvalue weighted by atomic mass is 9.85. The van der Waals surface area contributed by atoms with Crippen LogP contribution in [0.4, 0.5) is 0 Å². The molecule has 0 aliphatic carbocycles. The van der Waals surface area contributed by atoms with E-state index in [4.69, 9.17) is 0 Å². The molecular formula is C30H18N2. The highest BCUT2D eigenvalue weighted by Gasteiger charge is 2.16. The summed E-state index contributed by atoms with van der Waals surface area (Å²) in [7, 11) is 0. The molecule has 32 heavy (non-hydrogen) atoms. The normalized spacial score (nSPS) is 11.8. The molecule has 148 valence electrons. The van der Waals surface area contributed by atoms with Gasteiger partial charge in [0.1, 0.15) is 0 Å². The first-order chi connectivity index (χ1) is 15.9. The van der Waals surface area contributed by atoms with Gasteiger partial charge in [-0.25, -0.2) is 0 Å². The molecule has 2 aromatic heterocycles. The molecule has 5 aromatic carbocycles. The highest BCUT2D eigenvalue weighted by molar-refractivity contribution is 6.35. The zero-order valence-corrected chi connectivity index (χ0v) is 17.3. The third kappa shape index (κ3) is 2.35. The van der Waals surface area contributed by atoms with Crippen LogP contribution in [-0.2, 0) is 0 Å². The van der Waals surface area contributed by atoms with Crippen molar-refractivity contribution in [3.63, 3.8) is 0 Å². The van der Waals surface area contributed by atoms with Crippen LogP contribution in [0.3, 0.4) is 0 Å². The standard InChI is InChI=1S/C30H18N2/c1-3-23-21(19-11-15-31-16-12-19)7-9-27-28-10-8-22(20-13-17-32-18-14-20)24-4-2-6-26(30(24)28)25(5-1)29(23)27/h1-18H. The highest BCUT2D eigenvalue weighted by Crippen LogP contribution is 2.44. The quantitative estimate of drug-likeness (QED) is 0.216. The van der Waals surface area contributed by atoms with Crippen LogP contribution in [-0.4, -0.2) is 9.97 Å². The molecule has 2 heteroatoms. The molecule has 0 saturated heterocycles. The van der Waals surface area contributed by atoms with Crippen LogP contribution in [0.2, 0.25) is 0 Å². The Morgan fingerprint density at radius 3 is 1.16 bits per heavy atom. The van der Waals surface area contributed by atoms with Crippen molar-refractivity contribution in [2.45, 2.75) is 0 Å². The topological polar surface area (TPSA) is 25.8 Å². The molecule has 0 aliphatic heterocycles. The van der Waals surface area contributed by atoms with Gasteiger partial charge in [0.05, 0.1) is 0 Å². The molecular weight excluding hydrogens is 388 g/mol. The van der Waals surface area contributed by atoms with E-state index in [-0.39, 0.29) is 0 Å². The van der Waals surface area contributed by atoms with Gasteiger partial charge in [-0.05, 0) is 89.6 Å². The summed E-state index contributed by atoms with van der Waals surface area (Å²) in [5.74, 6) is 0. The predicted molar refractivity (Wildman–Crippen MR) is 134 cm³/mol. The third-order valence-corrected chi connectivity index (χ3v) is 6.64. The van der Waals surface area contributed by atoms with Crippen LogP contribution in [0.1, 0.15) is 0 Å². The Morgan fingerprint density at radius 2 is 0.719 bits per heavy atom. The summed E-state index contributed by atoms with van der Waals surface area (Å²) in [4.78, 5) is 8.40. The molecule has 0 N–H and O–H groups in total. The Balaban J connectivity index is 1.66. The van der Waals surface area contributed by atoms with Gasteiger partial charge < -0.3 is 0 Å². The highest BCUT2D eigenvalue weighted by atomic mass is 14.6. The Labute approximate surface area is 185 Å². The van der Waals surface area contributed by atoms with Crippen molar-refractivity contribution in [2.24, 2.45) is 0 Å². The van der Waals surface area contributed by atoms with E-state index in [1.165, 1.54) is 65.3 Å². The lowest BCUT2D eigenvalue weighted by Gasteiger charge is -2.18. The third-order valence-electron chi connectivity index (χ3n) is 6.64. The lowest BCUT2D eigenvalue weighted by molar-refractivity contribution is 1.33. The number of hydrogen-bond donors (Lipinski definition) is 0. The summed E-state index contributed by atoms with van der Waals surface area (Å²) in [5, 5.41) is 10.4. The van der Waals surface area contributed by atoms with E-state index in [2.05, 4.69) is 94.9 Å². The van der Waals surface area contributed by atoms with Crippen LogP contribution in [0, 0.1) is 0 Å². The van der Waals surface area contributed by atoms with Gasteiger partial charge in [-0.2, -0.15) is 0 Å². The predicted octanol–water partition coefficient (Wildman–Crippen LogP) is 7.86. The number of nitrogens with zero attached hydrogens (tertiary/aromatic N) is 2. The van der Waals surface area contributed by atoms with Crippen LogP contribution < -0.4 is 0 Å². The zero-order valence-electron chi connectivity index (χ0n) is 17.3. The smallest absolute Gasteiger partial charge is 0.0273 e. The second kappa shape index (κ2) is 6.60. The molecule has 0 fully saturated rings.